The molecule has 0 bridgehead atoms. The van der Waals surface area contributed by atoms with Crippen LogP contribution >= 0.6 is 12.4 Å². The first-order chi connectivity index (χ1) is 16.1. The molecule has 0 spiro atoms. The van der Waals surface area contributed by atoms with Crippen molar-refractivity contribution in [2.24, 2.45) is 5.73 Å². The van der Waals surface area contributed by atoms with E-state index < -0.39 is 21.5 Å². The van der Waals surface area contributed by atoms with E-state index in [0.29, 0.717) is 16.9 Å². The lowest BCUT2D eigenvalue weighted by Crippen LogP contribution is -2.36. The second kappa shape index (κ2) is 11.5. The van der Waals surface area contributed by atoms with Crippen molar-refractivity contribution in [3.8, 4) is 5.75 Å². The molecule has 1 aromatic heterocycles. The Labute approximate surface area is 209 Å². The summed E-state index contributed by atoms with van der Waals surface area (Å²) in [5, 5.41) is 10.1. The number of hydrogen-bond donors (Lipinski definition) is 4. The van der Waals surface area contributed by atoms with Crippen LogP contribution in [0.5, 0.6) is 5.75 Å². The Kier molecular flexibility index (Phi) is 9.04. The molecule has 5 N–H and O–H groups in total. The van der Waals surface area contributed by atoms with E-state index in [9.17, 15) is 18.0 Å². The first kappa shape index (κ1) is 27.4. The molecule has 0 aliphatic heterocycles. The normalized spacial score (nSPS) is 10.7. The topological polar surface area (TPSA) is 156 Å². The van der Waals surface area contributed by atoms with E-state index in [2.05, 4.69) is 10.1 Å². The van der Waals surface area contributed by atoms with Gasteiger partial charge in [0.2, 0.25) is 5.91 Å². The van der Waals surface area contributed by atoms with E-state index in [4.69, 9.17) is 15.9 Å². The summed E-state index contributed by atoms with van der Waals surface area (Å²) in [6.07, 6.45) is 1.07. The van der Waals surface area contributed by atoms with Crippen molar-refractivity contribution in [1.82, 2.24) is 9.99 Å². The van der Waals surface area contributed by atoms with Crippen LogP contribution in [0.1, 0.15) is 22.3 Å². The molecule has 0 unspecified atom stereocenters. The molecular weight excluding hydrogens is 494 g/mol. The number of nitrogens with two attached hydrogens (primary N) is 1. The monoisotopic (exact) mass is 519 g/mol. The van der Waals surface area contributed by atoms with Crippen LogP contribution in [0.15, 0.2) is 70.5 Å². The van der Waals surface area contributed by atoms with Gasteiger partial charge in [0.1, 0.15) is 11.6 Å². The zero-order valence-electron chi connectivity index (χ0n) is 19.1. The molecule has 35 heavy (non-hydrogen) atoms. The van der Waals surface area contributed by atoms with Crippen molar-refractivity contribution in [1.29, 1.82) is 5.41 Å². The quantitative estimate of drug-likeness (QED) is 0.249. The van der Waals surface area contributed by atoms with Crippen LogP contribution in [0.3, 0.4) is 0 Å². The van der Waals surface area contributed by atoms with E-state index in [1.807, 2.05) is 0 Å². The predicted molar refractivity (Wildman–Crippen MR) is 135 cm³/mol. The number of sulfonamides is 1. The second-order valence-electron chi connectivity index (χ2n) is 7.49. The Hall–Kier alpha value is -3.83. The summed E-state index contributed by atoms with van der Waals surface area (Å²) in [5.74, 6) is -0.0925. The van der Waals surface area contributed by atoms with E-state index in [0.717, 1.165) is 10.2 Å². The molecule has 0 saturated heterocycles. The Bertz CT molecular complexity index is 1390. The Morgan fingerprint density at radius 1 is 1.14 bits per heavy atom. The smallest absolute Gasteiger partial charge is 0.275 e. The molecule has 2 aromatic carbocycles. The number of nitrogen functional groups attached to an aromatic ring is 1. The fourth-order valence-electron chi connectivity index (χ4n) is 3.13. The first-order valence-electron chi connectivity index (χ1n) is 10.2. The summed E-state index contributed by atoms with van der Waals surface area (Å²) in [6, 6.07) is 14.2. The summed E-state index contributed by atoms with van der Waals surface area (Å²) < 4.78 is 31.4. The number of aryl methyl sites for hydroxylation is 1. The fraction of sp³-hybridized carbons (Fsp3) is 0.174. The number of nitrogens with zero attached hydrogens (tertiary/aromatic N) is 1. The Morgan fingerprint density at radius 2 is 1.83 bits per heavy atom. The molecule has 1 amide bonds. The zero-order valence-corrected chi connectivity index (χ0v) is 20.7. The van der Waals surface area contributed by atoms with Gasteiger partial charge in [-0.1, -0.05) is 30.3 Å². The van der Waals surface area contributed by atoms with E-state index in [1.165, 1.54) is 31.5 Å². The first-order valence-corrected chi connectivity index (χ1v) is 11.7. The van der Waals surface area contributed by atoms with Gasteiger partial charge in [0.15, 0.2) is 0 Å². The number of rotatable bonds is 9. The number of aromatic nitrogens is 1. The molecule has 3 aromatic rings. The molecule has 0 fully saturated rings. The highest BCUT2D eigenvalue weighted by molar-refractivity contribution is 7.92. The summed E-state index contributed by atoms with van der Waals surface area (Å²) in [7, 11) is -2.66. The zero-order chi connectivity index (χ0) is 24.9. The van der Waals surface area contributed by atoms with Gasteiger partial charge < -0.3 is 15.8 Å². The van der Waals surface area contributed by atoms with Crippen LogP contribution in [0.2, 0.25) is 0 Å². The van der Waals surface area contributed by atoms with Crippen LogP contribution in [0.25, 0.3) is 0 Å². The fourth-order valence-corrected chi connectivity index (χ4v) is 4.17. The number of hydrogen-bond acceptors (Lipinski definition) is 6. The van der Waals surface area contributed by atoms with E-state index in [1.54, 1.807) is 43.3 Å². The highest BCUT2D eigenvalue weighted by Crippen LogP contribution is 2.17. The van der Waals surface area contributed by atoms with Crippen LogP contribution in [-0.4, -0.2) is 31.9 Å². The Morgan fingerprint density at radius 3 is 2.46 bits per heavy atom. The second-order valence-corrected chi connectivity index (χ2v) is 9.15. The predicted octanol–water partition coefficient (Wildman–Crippen LogP) is 1.66. The molecule has 0 radical (unpaired) electrons. The lowest BCUT2D eigenvalue weighted by atomic mass is 10.1. The SMILES string of the molecule is COc1cccc(S(=O)(=O)Nn2ccc(C)c(CC(=O)NCc3ccc(C(=N)N)cc3)c2=O)c1.Cl. The maximum atomic E-state index is 12.9. The molecule has 3 rings (SSSR count). The Balaban J connectivity index is 0.00000432. The molecule has 186 valence electrons. The van der Waals surface area contributed by atoms with Gasteiger partial charge in [-0.3, -0.25) is 15.0 Å². The third-order valence-corrected chi connectivity index (χ3v) is 6.40. The van der Waals surface area contributed by atoms with Crippen LogP contribution < -0.4 is 26.2 Å². The number of methoxy groups -OCH3 is 1. The van der Waals surface area contributed by atoms with Crippen molar-refractivity contribution in [3.63, 3.8) is 0 Å². The lowest BCUT2D eigenvalue weighted by Gasteiger charge is -2.14. The van der Waals surface area contributed by atoms with Crippen LogP contribution in [-0.2, 0) is 27.8 Å². The maximum Gasteiger partial charge on any atom is 0.275 e. The number of nitrogens with one attached hydrogen (secondary N) is 3. The minimum atomic E-state index is -4.07. The van der Waals surface area contributed by atoms with Crippen molar-refractivity contribution >= 4 is 34.2 Å². The number of halogens is 1. The minimum Gasteiger partial charge on any atom is -0.497 e. The average molecular weight is 520 g/mol. The number of ether oxygens (including phenoxy) is 1. The van der Waals surface area contributed by atoms with Crippen LogP contribution in [0, 0.1) is 12.3 Å². The third-order valence-electron chi connectivity index (χ3n) is 5.09. The lowest BCUT2D eigenvalue weighted by molar-refractivity contribution is -0.120. The number of carbonyl (C=O) groups is 1. The number of amidine groups is 1. The average Bonchev–Trinajstić information content (AvgIpc) is 2.82. The third kappa shape index (κ3) is 6.84. The van der Waals surface area contributed by atoms with Gasteiger partial charge in [-0.15, -0.1) is 12.4 Å². The molecule has 1 heterocycles. The summed E-state index contributed by atoms with van der Waals surface area (Å²) in [5.41, 5.74) is 6.88. The van der Waals surface area contributed by atoms with Crippen molar-refractivity contribution in [3.05, 3.63) is 93.4 Å². The van der Waals surface area contributed by atoms with Gasteiger partial charge in [-0.05, 0) is 36.2 Å². The molecule has 12 heteroatoms. The number of amides is 1. The largest absolute Gasteiger partial charge is 0.497 e. The van der Waals surface area contributed by atoms with Gasteiger partial charge in [0.05, 0.1) is 18.4 Å². The van der Waals surface area contributed by atoms with E-state index >= 15 is 0 Å². The molecular formula is C23H26ClN5O5S. The number of pyridine rings is 1. The van der Waals surface area contributed by atoms with Gasteiger partial charge in [-0.25, -0.2) is 9.51 Å². The summed E-state index contributed by atoms with van der Waals surface area (Å²) in [4.78, 5) is 27.6. The van der Waals surface area contributed by atoms with Gasteiger partial charge >= 0.3 is 0 Å². The van der Waals surface area contributed by atoms with Crippen LogP contribution in [0.4, 0.5) is 0 Å². The maximum absolute atomic E-state index is 12.9. The standard InChI is InChI=1S/C23H25N5O5S.ClH/c1-15-10-11-28(27-34(31,32)19-5-3-4-18(12-19)33-2)23(30)20(15)13-21(29)26-14-16-6-8-17(9-7-16)22(24)25;/h3-12,27H,13-14H2,1-2H3,(H3,24,25)(H,26,29);1H. The highest BCUT2D eigenvalue weighted by atomic mass is 35.5. The van der Waals surface area contributed by atoms with Gasteiger partial charge in [-0.2, -0.15) is 8.42 Å². The van der Waals surface area contributed by atoms with Crippen molar-refractivity contribution in [2.45, 2.75) is 24.8 Å². The molecule has 10 nitrogen and oxygen atoms in total. The minimum absolute atomic E-state index is 0. The van der Waals surface area contributed by atoms with E-state index in [-0.39, 0.29) is 41.7 Å². The van der Waals surface area contributed by atoms with Gasteiger partial charge in [0, 0.05) is 29.9 Å². The molecule has 0 aliphatic rings. The van der Waals surface area contributed by atoms with Crippen molar-refractivity contribution < 1.29 is 17.9 Å². The number of benzene rings is 2. The molecule has 0 saturated carbocycles. The summed E-state index contributed by atoms with van der Waals surface area (Å²) >= 11 is 0. The van der Waals surface area contributed by atoms with Gasteiger partial charge in [0.25, 0.3) is 15.6 Å². The summed E-state index contributed by atoms with van der Waals surface area (Å²) in [6.45, 7) is 1.89. The highest BCUT2D eigenvalue weighted by Gasteiger charge is 2.18. The van der Waals surface area contributed by atoms with Crippen molar-refractivity contribution in [2.75, 3.05) is 11.9 Å². The molecule has 0 atom stereocenters. The molecule has 0 aliphatic carbocycles. The number of carbonyl (C=O) groups excluding carboxylic acids is 1.